The van der Waals surface area contributed by atoms with Crippen molar-refractivity contribution in [2.75, 3.05) is 25.0 Å². The Morgan fingerprint density at radius 2 is 1.55 bits per heavy atom. The number of likely N-dealkylation sites (tertiary alicyclic amines) is 1. The highest BCUT2D eigenvalue weighted by Gasteiger charge is 2.45. The van der Waals surface area contributed by atoms with Gasteiger partial charge < -0.3 is 10.2 Å². The van der Waals surface area contributed by atoms with Crippen LogP contribution in [-0.4, -0.2) is 88.5 Å². The van der Waals surface area contributed by atoms with Gasteiger partial charge in [0.25, 0.3) is 17.7 Å². The summed E-state index contributed by atoms with van der Waals surface area (Å²) in [7, 11) is 2.06. The van der Waals surface area contributed by atoms with Crippen LogP contribution in [0.5, 0.6) is 0 Å². The van der Waals surface area contributed by atoms with Crippen molar-refractivity contribution in [3.8, 4) is 6.07 Å². The van der Waals surface area contributed by atoms with Gasteiger partial charge in [-0.05, 0) is 117 Å². The van der Waals surface area contributed by atoms with Crippen molar-refractivity contribution in [3.63, 3.8) is 0 Å². The number of halogens is 1. The van der Waals surface area contributed by atoms with Crippen molar-refractivity contribution in [3.05, 3.63) is 98.6 Å². The van der Waals surface area contributed by atoms with Crippen molar-refractivity contribution < 1.29 is 24.0 Å². The second-order valence-corrected chi connectivity index (χ2v) is 16.0. The summed E-state index contributed by atoms with van der Waals surface area (Å²) in [5.41, 5.74) is 6.07. The van der Waals surface area contributed by atoms with Crippen molar-refractivity contribution in [2.45, 2.75) is 95.2 Å². The van der Waals surface area contributed by atoms with Crippen LogP contribution in [0.4, 0.5) is 5.69 Å². The number of carbonyl (C=O) groups excluding carboxylic acids is 5. The second kappa shape index (κ2) is 15.2. The Labute approximate surface area is 325 Å². The maximum Gasteiger partial charge on any atom is 0.262 e. The zero-order valence-corrected chi connectivity index (χ0v) is 31.6. The van der Waals surface area contributed by atoms with Crippen LogP contribution in [-0.2, 0) is 29.2 Å². The van der Waals surface area contributed by atoms with Gasteiger partial charge in [0.05, 0.1) is 21.7 Å². The zero-order chi connectivity index (χ0) is 38.4. The lowest BCUT2D eigenvalue weighted by Crippen LogP contribution is -2.54. The summed E-state index contributed by atoms with van der Waals surface area (Å²) in [6.07, 6.45) is 5.97. The second-order valence-electron chi connectivity index (χ2n) is 15.6. The molecule has 4 heterocycles. The molecule has 12 nitrogen and oxygen atoms in total. The van der Waals surface area contributed by atoms with E-state index in [2.05, 4.69) is 50.6 Å². The van der Waals surface area contributed by atoms with Crippen LogP contribution >= 0.6 is 11.6 Å². The van der Waals surface area contributed by atoms with E-state index in [4.69, 9.17) is 11.6 Å². The molecule has 0 unspecified atom stereocenters. The molecule has 3 fully saturated rings. The molecule has 3 aromatic carbocycles. The Morgan fingerprint density at radius 3 is 2.15 bits per heavy atom. The van der Waals surface area contributed by atoms with E-state index in [1.165, 1.54) is 5.56 Å². The molecule has 284 valence electrons. The number of anilines is 1. The van der Waals surface area contributed by atoms with Crippen LogP contribution in [0.1, 0.15) is 105 Å². The molecule has 5 aliphatic rings. The SMILES string of the molecule is CN(c1ccc(C#N)c(Cl)c1)C1CCC(NC(=O)c2ccc(CN3CCC(N4Cc5cc6c(cc5C4)C(=O)N([C@H]4CCC(=O)NC4=O)C6=O)CC3)cc2)CC1. The normalized spacial score (nSPS) is 23.3. The number of rotatable bonds is 8. The lowest BCUT2D eigenvalue weighted by molar-refractivity contribution is -0.136. The number of hydrogen-bond acceptors (Lipinski definition) is 9. The fourth-order valence-corrected chi connectivity index (χ4v) is 9.23. The van der Waals surface area contributed by atoms with E-state index in [9.17, 15) is 29.2 Å². The molecule has 8 rings (SSSR count). The van der Waals surface area contributed by atoms with E-state index in [1.54, 1.807) is 6.07 Å². The quantitative estimate of drug-likeness (QED) is 0.310. The summed E-state index contributed by atoms with van der Waals surface area (Å²) in [4.78, 5) is 72.0. The maximum atomic E-state index is 13.3. The van der Waals surface area contributed by atoms with Crippen LogP contribution < -0.4 is 15.5 Å². The molecule has 1 saturated carbocycles. The lowest BCUT2D eigenvalue weighted by Gasteiger charge is -2.36. The van der Waals surface area contributed by atoms with E-state index in [-0.39, 0.29) is 30.7 Å². The third-order valence-electron chi connectivity index (χ3n) is 12.3. The Kier molecular flexibility index (Phi) is 10.2. The number of carbonyl (C=O) groups is 5. The van der Waals surface area contributed by atoms with Crippen LogP contribution in [0.25, 0.3) is 0 Å². The summed E-state index contributed by atoms with van der Waals surface area (Å²) >= 11 is 6.26. The van der Waals surface area contributed by atoms with E-state index in [1.807, 2.05) is 36.4 Å². The molecule has 1 aliphatic carbocycles. The standard InChI is InChI=1S/C42H44ClN7O5/c1-47(33-9-6-27(21-44)36(43)20-33)31-10-7-30(8-11-31)45-39(52)26-4-2-25(3-5-26)22-48-16-14-32(15-17-48)49-23-28-18-34-35(19-29(28)24-49)42(55)50(41(34)54)37-12-13-38(51)46-40(37)53/h2-6,9,18-20,30-32,37H,7-8,10-17,22-24H2,1H3,(H,45,52)(H,46,51,53)/t30?,31?,37-/m0/s1. The van der Waals surface area contributed by atoms with Gasteiger partial charge in [-0.3, -0.25) is 44.0 Å². The van der Waals surface area contributed by atoms with Crippen LogP contribution in [0.3, 0.4) is 0 Å². The van der Waals surface area contributed by atoms with Gasteiger partial charge in [0, 0.05) is 62.5 Å². The monoisotopic (exact) mass is 761 g/mol. The minimum Gasteiger partial charge on any atom is -0.372 e. The minimum absolute atomic E-state index is 0.0414. The number of benzene rings is 3. The summed E-state index contributed by atoms with van der Waals surface area (Å²) in [5.74, 6) is -1.96. The van der Waals surface area contributed by atoms with Crippen LogP contribution in [0, 0.1) is 11.3 Å². The molecular formula is C42H44ClN7O5. The van der Waals surface area contributed by atoms with Crippen LogP contribution in [0.2, 0.25) is 5.02 Å². The van der Waals surface area contributed by atoms with Crippen molar-refractivity contribution in [1.29, 1.82) is 5.26 Å². The Morgan fingerprint density at radius 1 is 0.891 bits per heavy atom. The Balaban J connectivity index is 0.784. The summed E-state index contributed by atoms with van der Waals surface area (Å²) in [6, 6.07) is 19.2. The van der Waals surface area contributed by atoms with Gasteiger partial charge in [-0.15, -0.1) is 0 Å². The largest absolute Gasteiger partial charge is 0.372 e. The Bertz CT molecular complexity index is 2050. The number of imide groups is 2. The van der Waals surface area contributed by atoms with E-state index < -0.39 is 23.8 Å². The van der Waals surface area contributed by atoms with Gasteiger partial charge in [0.1, 0.15) is 12.1 Å². The number of nitriles is 1. The highest BCUT2D eigenvalue weighted by atomic mass is 35.5. The number of amides is 5. The zero-order valence-electron chi connectivity index (χ0n) is 30.9. The van der Waals surface area contributed by atoms with Gasteiger partial charge >= 0.3 is 0 Å². The van der Waals surface area contributed by atoms with Crippen molar-refractivity contribution in [1.82, 2.24) is 25.3 Å². The molecule has 5 amide bonds. The molecule has 55 heavy (non-hydrogen) atoms. The third-order valence-corrected chi connectivity index (χ3v) is 12.6. The molecule has 2 saturated heterocycles. The van der Waals surface area contributed by atoms with Crippen molar-refractivity contribution in [2.24, 2.45) is 0 Å². The van der Waals surface area contributed by atoms with E-state index >= 15 is 0 Å². The highest BCUT2D eigenvalue weighted by molar-refractivity contribution is 6.32. The van der Waals surface area contributed by atoms with E-state index in [0.717, 1.165) is 79.9 Å². The predicted octanol–water partition coefficient (Wildman–Crippen LogP) is 4.77. The third kappa shape index (κ3) is 7.36. The Hall–Kier alpha value is -5.09. The minimum atomic E-state index is -0.960. The average Bonchev–Trinajstić information content (AvgIpc) is 3.71. The van der Waals surface area contributed by atoms with Gasteiger partial charge in [0.2, 0.25) is 11.8 Å². The lowest BCUT2D eigenvalue weighted by atomic mass is 9.90. The van der Waals surface area contributed by atoms with Gasteiger partial charge in [-0.2, -0.15) is 5.26 Å². The maximum absolute atomic E-state index is 13.3. The van der Waals surface area contributed by atoms with Gasteiger partial charge in [0.15, 0.2) is 0 Å². The summed E-state index contributed by atoms with van der Waals surface area (Å²) in [5, 5.41) is 15.1. The molecule has 0 aromatic heterocycles. The first kappa shape index (κ1) is 36.9. The van der Waals surface area contributed by atoms with E-state index in [0.29, 0.717) is 52.4 Å². The van der Waals surface area contributed by atoms with Crippen molar-refractivity contribution >= 4 is 46.8 Å². The molecule has 4 aliphatic heterocycles. The van der Waals surface area contributed by atoms with Gasteiger partial charge in [-0.25, -0.2) is 0 Å². The molecule has 3 aromatic rings. The summed E-state index contributed by atoms with van der Waals surface area (Å²) in [6.45, 7) is 4.14. The van der Waals surface area contributed by atoms with Gasteiger partial charge in [-0.1, -0.05) is 23.7 Å². The first-order chi connectivity index (χ1) is 26.6. The highest BCUT2D eigenvalue weighted by Crippen LogP contribution is 2.36. The smallest absolute Gasteiger partial charge is 0.262 e. The number of nitrogens with one attached hydrogen (secondary N) is 2. The molecule has 0 radical (unpaired) electrons. The average molecular weight is 762 g/mol. The molecule has 0 bridgehead atoms. The number of hydrogen-bond donors (Lipinski definition) is 2. The number of piperidine rings is 2. The molecule has 1 atom stereocenters. The molecule has 13 heteroatoms. The first-order valence-electron chi connectivity index (χ1n) is 19.2. The molecular weight excluding hydrogens is 718 g/mol. The topological polar surface area (TPSA) is 146 Å². The number of nitrogens with zero attached hydrogens (tertiary/aromatic N) is 5. The molecule has 2 N–H and O–H groups in total. The predicted molar refractivity (Wildman–Crippen MR) is 205 cm³/mol. The first-order valence-corrected chi connectivity index (χ1v) is 19.6. The fourth-order valence-electron chi connectivity index (χ4n) is 9.02. The number of fused-ring (bicyclic) bond motifs is 2. The van der Waals surface area contributed by atoms with Crippen LogP contribution in [0.15, 0.2) is 54.6 Å². The molecule has 0 spiro atoms. The summed E-state index contributed by atoms with van der Waals surface area (Å²) < 4.78 is 0. The fraction of sp³-hybridized carbons (Fsp3) is 0.429.